The van der Waals surface area contributed by atoms with Gasteiger partial charge < -0.3 is 10.1 Å². The zero-order valence-electron chi connectivity index (χ0n) is 9.14. The van der Waals surface area contributed by atoms with Crippen molar-refractivity contribution in [3.8, 4) is 10.6 Å². The Balaban J connectivity index is 2.23. The molecule has 0 amide bonds. The van der Waals surface area contributed by atoms with Gasteiger partial charge in [-0.3, -0.25) is 0 Å². The molecule has 0 unspecified atom stereocenters. The molecule has 0 atom stereocenters. The molecule has 3 aromatic heterocycles. The highest BCUT2D eigenvalue weighted by atomic mass is 79.9. The minimum Gasteiger partial charge on any atom is -0.398 e. The van der Waals surface area contributed by atoms with Gasteiger partial charge in [0.25, 0.3) is 0 Å². The predicted molar refractivity (Wildman–Crippen MR) is 75.4 cm³/mol. The number of aromatic nitrogens is 2. The summed E-state index contributed by atoms with van der Waals surface area (Å²) in [7, 11) is 0. The maximum Gasteiger partial charge on any atom is 0.140 e. The molecule has 0 aliphatic carbocycles. The Morgan fingerprint density at radius 1 is 1.35 bits per heavy atom. The minimum absolute atomic E-state index is 0.756. The number of nitrogens with zero attached hydrogens (tertiary/aromatic N) is 2. The summed E-state index contributed by atoms with van der Waals surface area (Å²) in [6.07, 6.45) is 3.90. The number of hydrogen-bond acceptors (Lipinski definition) is 3. The van der Waals surface area contributed by atoms with Gasteiger partial charge in [-0.2, -0.15) is 0 Å². The number of hydrogen-bond donors (Lipinski definition) is 1. The summed E-state index contributed by atoms with van der Waals surface area (Å²) in [5.74, 6) is 0. The smallest absolute Gasteiger partial charge is 0.140 e. The Morgan fingerprint density at radius 3 is 2.88 bits per heavy atom. The van der Waals surface area contributed by atoms with Crippen LogP contribution in [0.3, 0.4) is 0 Å². The Hall–Kier alpha value is -1.33. The SMILES string of the molecule is Cc1cc(N)cn2cc(-c3ccc(Br)s3)nc12. The van der Waals surface area contributed by atoms with Gasteiger partial charge >= 0.3 is 0 Å². The number of thiophene rings is 1. The van der Waals surface area contributed by atoms with Gasteiger partial charge in [0.1, 0.15) is 5.65 Å². The fraction of sp³-hybridized carbons (Fsp3) is 0.0833. The largest absolute Gasteiger partial charge is 0.398 e. The summed E-state index contributed by atoms with van der Waals surface area (Å²) in [6.45, 7) is 2.02. The molecule has 0 radical (unpaired) electrons. The summed E-state index contributed by atoms with van der Waals surface area (Å²) in [5, 5.41) is 0. The number of nitrogens with two attached hydrogens (primary N) is 1. The van der Waals surface area contributed by atoms with E-state index in [0.29, 0.717) is 0 Å². The minimum atomic E-state index is 0.756. The molecule has 0 aliphatic rings. The van der Waals surface area contributed by atoms with Crippen molar-refractivity contribution in [2.24, 2.45) is 0 Å². The third-order valence-electron chi connectivity index (χ3n) is 2.58. The van der Waals surface area contributed by atoms with Crippen LogP contribution >= 0.6 is 27.3 Å². The van der Waals surface area contributed by atoms with Crippen molar-refractivity contribution in [3.05, 3.63) is 39.9 Å². The summed E-state index contributed by atoms with van der Waals surface area (Å²) in [5.41, 5.74) is 9.61. The van der Waals surface area contributed by atoms with Crippen LogP contribution in [0.4, 0.5) is 5.69 Å². The highest BCUT2D eigenvalue weighted by Crippen LogP contribution is 2.31. The Morgan fingerprint density at radius 2 is 2.18 bits per heavy atom. The molecular weight excluding hydrogens is 298 g/mol. The van der Waals surface area contributed by atoms with Crippen LogP contribution < -0.4 is 5.73 Å². The molecule has 0 saturated carbocycles. The molecule has 0 fully saturated rings. The van der Waals surface area contributed by atoms with Crippen LogP contribution in [0.1, 0.15) is 5.56 Å². The fourth-order valence-corrected chi connectivity index (χ4v) is 3.21. The van der Waals surface area contributed by atoms with Crippen LogP contribution in [-0.2, 0) is 0 Å². The van der Waals surface area contributed by atoms with Gasteiger partial charge in [-0.1, -0.05) is 0 Å². The van der Waals surface area contributed by atoms with Gasteiger partial charge in [-0.15, -0.1) is 11.3 Å². The zero-order chi connectivity index (χ0) is 12.0. The first-order valence-electron chi connectivity index (χ1n) is 5.14. The summed E-state index contributed by atoms with van der Waals surface area (Å²) >= 11 is 5.14. The van der Waals surface area contributed by atoms with Gasteiger partial charge in [0, 0.05) is 18.1 Å². The molecule has 3 heterocycles. The number of imidazole rings is 1. The molecule has 3 rings (SSSR count). The number of nitrogen functional groups attached to an aromatic ring is 1. The van der Waals surface area contributed by atoms with Crippen molar-refractivity contribution in [1.82, 2.24) is 9.38 Å². The molecule has 86 valence electrons. The van der Waals surface area contributed by atoms with Crippen LogP contribution in [0.15, 0.2) is 34.4 Å². The van der Waals surface area contributed by atoms with Gasteiger partial charge in [-0.25, -0.2) is 4.98 Å². The van der Waals surface area contributed by atoms with E-state index in [1.54, 1.807) is 11.3 Å². The van der Waals surface area contributed by atoms with Crippen molar-refractivity contribution >= 4 is 38.6 Å². The van der Waals surface area contributed by atoms with Gasteiger partial charge in [-0.05, 0) is 46.6 Å². The first-order chi connectivity index (χ1) is 8.13. The van der Waals surface area contributed by atoms with Gasteiger partial charge in [0.05, 0.1) is 14.4 Å². The molecule has 0 aromatic carbocycles. The van der Waals surface area contributed by atoms with Crippen molar-refractivity contribution < 1.29 is 0 Å². The van der Waals surface area contributed by atoms with Crippen LogP contribution in [-0.4, -0.2) is 9.38 Å². The van der Waals surface area contributed by atoms with E-state index in [9.17, 15) is 0 Å². The standard InChI is InChI=1S/C12H10BrN3S/c1-7-4-8(14)5-16-6-9(15-12(7)16)10-2-3-11(13)17-10/h2-6H,14H2,1H3. The molecule has 17 heavy (non-hydrogen) atoms. The van der Waals surface area contributed by atoms with Gasteiger partial charge in [0.15, 0.2) is 0 Å². The molecule has 3 aromatic rings. The maximum absolute atomic E-state index is 5.82. The molecule has 0 saturated heterocycles. The molecule has 5 heteroatoms. The second kappa shape index (κ2) is 3.85. The van der Waals surface area contributed by atoms with Crippen LogP contribution in [0.5, 0.6) is 0 Å². The highest BCUT2D eigenvalue weighted by Gasteiger charge is 2.08. The Labute approximate surface area is 111 Å². The van der Waals surface area contributed by atoms with Crippen LogP contribution in [0.25, 0.3) is 16.2 Å². The third-order valence-corrected chi connectivity index (χ3v) is 4.23. The average Bonchev–Trinajstić information content (AvgIpc) is 2.83. The quantitative estimate of drug-likeness (QED) is 0.744. The molecule has 2 N–H and O–H groups in total. The molecule has 0 spiro atoms. The number of rotatable bonds is 1. The molecular formula is C12H10BrN3S. The first-order valence-corrected chi connectivity index (χ1v) is 6.75. The van der Waals surface area contributed by atoms with E-state index in [2.05, 4.69) is 27.0 Å². The Kier molecular flexibility index (Phi) is 2.45. The zero-order valence-corrected chi connectivity index (χ0v) is 11.5. The fourth-order valence-electron chi connectivity index (χ4n) is 1.87. The number of pyridine rings is 1. The molecule has 0 bridgehead atoms. The monoisotopic (exact) mass is 307 g/mol. The lowest BCUT2D eigenvalue weighted by atomic mass is 10.3. The maximum atomic E-state index is 5.82. The second-order valence-electron chi connectivity index (χ2n) is 3.92. The van der Waals surface area contributed by atoms with Crippen LogP contribution in [0, 0.1) is 6.92 Å². The van der Waals surface area contributed by atoms with E-state index in [4.69, 9.17) is 5.73 Å². The van der Waals surface area contributed by atoms with Crippen LogP contribution in [0.2, 0.25) is 0 Å². The highest BCUT2D eigenvalue weighted by molar-refractivity contribution is 9.11. The third kappa shape index (κ3) is 1.85. The number of fused-ring (bicyclic) bond motifs is 1. The molecule has 3 nitrogen and oxygen atoms in total. The van der Waals surface area contributed by atoms with Crippen molar-refractivity contribution in [2.45, 2.75) is 6.92 Å². The van der Waals surface area contributed by atoms with Crippen molar-refractivity contribution in [3.63, 3.8) is 0 Å². The Bertz CT molecular complexity index is 699. The van der Waals surface area contributed by atoms with E-state index in [1.165, 1.54) is 0 Å². The molecule has 0 aliphatic heterocycles. The number of aryl methyl sites for hydroxylation is 1. The van der Waals surface area contributed by atoms with E-state index in [0.717, 1.165) is 31.3 Å². The second-order valence-corrected chi connectivity index (χ2v) is 6.38. The van der Waals surface area contributed by atoms with E-state index in [1.807, 2.05) is 35.9 Å². The number of anilines is 1. The van der Waals surface area contributed by atoms with Gasteiger partial charge in [0.2, 0.25) is 0 Å². The normalized spacial score (nSPS) is 11.2. The summed E-state index contributed by atoms with van der Waals surface area (Å²) < 4.78 is 3.09. The van der Waals surface area contributed by atoms with E-state index < -0.39 is 0 Å². The number of halogens is 1. The van der Waals surface area contributed by atoms with E-state index >= 15 is 0 Å². The topological polar surface area (TPSA) is 43.3 Å². The van der Waals surface area contributed by atoms with Crippen molar-refractivity contribution in [2.75, 3.05) is 5.73 Å². The lowest BCUT2D eigenvalue weighted by molar-refractivity contribution is 1.17. The predicted octanol–water partition coefficient (Wildman–Crippen LogP) is 3.72. The average molecular weight is 308 g/mol. The lowest BCUT2D eigenvalue weighted by Gasteiger charge is -1.98. The summed E-state index contributed by atoms with van der Waals surface area (Å²) in [4.78, 5) is 5.79. The van der Waals surface area contributed by atoms with Crippen molar-refractivity contribution in [1.29, 1.82) is 0 Å². The van der Waals surface area contributed by atoms with E-state index in [-0.39, 0.29) is 0 Å². The first kappa shape index (κ1) is 10.8. The summed E-state index contributed by atoms with van der Waals surface area (Å²) in [6, 6.07) is 6.04. The lowest BCUT2D eigenvalue weighted by Crippen LogP contribution is -1.92.